The van der Waals surface area contributed by atoms with Crippen LogP contribution in [0.2, 0.25) is 0 Å². The number of aliphatic carboxylic acids is 1. The molecule has 2 aromatic carbocycles. The molecule has 0 saturated carbocycles. The normalized spacial score (nSPS) is 11.3. The van der Waals surface area contributed by atoms with Crippen molar-refractivity contribution in [3.8, 4) is 0 Å². The second-order valence-corrected chi connectivity index (χ2v) is 5.32. The first-order chi connectivity index (χ1) is 12.5. The Balaban J connectivity index is 1.83. The number of anilines is 1. The number of carboxylic acid groups (broad SMARTS) is 1. The molecule has 130 valence electrons. The highest BCUT2D eigenvalue weighted by Gasteiger charge is 2.13. The zero-order valence-corrected chi connectivity index (χ0v) is 13.4. The van der Waals surface area contributed by atoms with E-state index in [9.17, 15) is 20.0 Å². The largest absolute Gasteiger partial charge is 0.477 e. The maximum atomic E-state index is 11.5. The fourth-order valence-electron chi connectivity index (χ4n) is 2.31. The van der Waals surface area contributed by atoms with Crippen LogP contribution in [0.5, 0.6) is 0 Å². The maximum absolute atomic E-state index is 11.5. The molecule has 0 saturated heterocycles. The monoisotopic (exact) mass is 351 g/mol. The summed E-state index contributed by atoms with van der Waals surface area (Å²) in [6.45, 7) is 0. The van der Waals surface area contributed by atoms with E-state index in [1.807, 2.05) is 12.1 Å². The van der Waals surface area contributed by atoms with Crippen LogP contribution in [0.15, 0.2) is 60.0 Å². The summed E-state index contributed by atoms with van der Waals surface area (Å²) in [6.07, 6.45) is 1.36. The first-order valence-electron chi connectivity index (χ1n) is 7.53. The number of carbonyl (C=O) groups is 1. The van der Waals surface area contributed by atoms with E-state index in [2.05, 4.69) is 20.5 Å². The van der Waals surface area contributed by atoms with Crippen molar-refractivity contribution in [2.45, 2.75) is 6.42 Å². The minimum absolute atomic E-state index is 0.00332. The molecule has 0 bridgehead atoms. The molecule has 0 radical (unpaired) electrons. The van der Waals surface area contributed by atoms with Crippen molar-refractivity contribution in [3.63, 3.8) is 0 Å². The number of rotatable bonds is 6. The number of hydrazone groups is 1. The summed E-state index contributed by atoms with van der Waals surface area (Å²) >= 11 is 0. The Kier molecular flexibility index (Phi) is 4.79. The van der Waals surface area contributed by atoms with E-state index in [4.69, 9.17) is 0 Å². The predicted octanol–water partition coefficient (Wildman–Crippen LogP) is 2.63. The second-order valence-electron chi connectivity index (χ2n) is 5.32. The van der Waals surface area contributed by atoms with Crippen LogP contribution < -0.4 is 5.43 Å². The summed E-state index contributed by atoms with van der Waals surface area (Å²) < 4.78 is 0. The molecule has 0 aliphatic rings. The number of para-hydroxylation sites is 1. The minimum Gasteiger partial charge on any atom is -0.477 e. The van der Waals surface area contributed by atoms with Gasteiger partial charge in [0.1, 0.15) is 12.0 Å². The molecule has 0 spiro atoms. The van der Waals surface area contributed by atoms with Crippen LogP contribution in [0, 0.1) is 10.1 Å². The quantitative estimate of drug-likeness (QED) is 0.396. The highest BCUT2D eigenvalue weighted by atomic mass is 16.6. The Morgan fingerprint density at radius 1 is 1.15 bits per heavy atom. The van der Waals surface area contributed by atoms with Crippen LogP contribution in [-0.4, -0.2) is 31.7 Å². The number of hydrogen-bond acceptors (Lipinski definition) is 7. The zero-order chi connectivity index (χ0) is 18.5. The standard InChI is InChI=1S/C17H13N5O4/c23-17(24)15(9-11-5-7-12(8-6-11)22(25)26)20-21-16-13-3-1-2-4-14(13)18-10-19-16/h1-8,10H,9H2,(H,23,24)(H,18,19,21). The summed E-state index contributed by atoms with van der Waals surface area (Å²) in [5.74, 6) is -0.813. The number of nitro benzene ring substituents is 1. The van der Waals surface area contributed by atoms with Crippen molar-refractivity contribution >= 4 is 34.1 Å². The molecule has 0 atom stereocenters. The van der Waals surface area contributed by atoms with Gasteiger partial charge in [-0.3, -0.25) is 15.5 Å². The number of non-ortho nitro benzene ring substituents is 1. The van der Waals surface area contributed by atoms with Crippen molar-refractivity contribution in [2.24, 2.45) is 5.10 Å². The van der Waals surface area contributed by atoms with Crippen LogP contribution in [-0.2, 0) is 11.2 Å². The van der Waals surface area contributed by atoms with Crippen molar-refractivity contribution in [1.29, 1.82) is 0 Å². The van der Waals surface area contributed by atoms with Crippen LogP contribution >= 0.6 is 0 Å². The predicted molar refractivity (Wildman–Crippen MR) is 95.0 cm³/mol. The Hall–Kier alpha value is -3.88. The molecule has 3 rings (SSSR count). The van der Waals surface area contributed by atoms with E-state index in [1.165, 1.54) is 30.6 Å². The Labute approximate surface area is 147 Å². The molecule has 1 aromatic heterocycles. The Morgan fingerprint density at radius 3 is 2.58 bits per heavy atom. The van der Waals surface area contributed by atoms with Crippen LogP contribution in [0.25, 0.3) is 10.9 Å². The lowest BCUT2D eigenvalue weighted by Crippen LogP contribution is -2.18. The average Bonchev–Trinajstić information content (AvgIpc) is 2.65. The van der Waals surface area contributed by atoms with Gasteiger partial charge in [0.05, 0.1) is 10.4 Å². The van der Waals surface area contributed by atoms with E-state index in [0.29, 0.717) is 22.3 Å². The number of benzene rings is 2. The molecule has 1 heterocycles. The van der Waals surface area contributed by atoms with Crippen molar-refractivity contribution in [3.05, 3.63) is 70.5 Å². The molecule has 0 fully saturated rings. The average molecular weight is 351 g/mol. The Bertz CT molecular complexity index is 996. The summed E-state index contributed by atoms with van der Waals surface area (Å²) in [4.78, 5) is 29.8. The summed E-state index contributed by atoms with van der Waals surface area (Å²) in [7, 11) is 0. The highest BCUT2D eigenvalue weighted by molar-refractivity contribution is 6.36. The number of nitrogens with zero attached hydrogens (tertiary/aromatic N) is 4. The second kappa shape index (κ2) is 7.34. The molecular formula is C17H13N5O4. The van der Waals surface area contributed by atoms with Gasteiger partial charge in [0, 0.05) is 23.9 Å². The third kappa shape index (κ3) is 3.78. The van der Waals surface area contributed by atoms with Gasteiger partial charge in [-0.2, -0.15) is 5.10 Å². The number of fused-ring (bicyclic) bond motifs is 1. The van der Waals surface area contributed by atoms with E-state index in [1.54, 1.807) is 12.1 Å². The molecule has 0 amide bonds. The van der Waals surface area contributed by atoms with Crippen molar-refractivity contribution in [1.82, 2.24) is 9.97 Å². The fraction of sp³-hybridized carbons (Fsp3) is 0.0588. The van der Waals surface area contributed by atoms with E-state index in [-0.39, 0.29) is 17.8 Å². The first-order valence-corrected chi connectivity index (χ1v) is 7.53. The summed E-state index contributed by atoms with van der Waals surface area (Å²) in [5, 5.41) is 24.7. The molecular weight excluding hydrogens is 338 g/mol. The van der Waals surface area contributed by atoms with Gasteiger partial charge in [0.2, 0.25) is 0 Å². The van der Waals surface area contributed by atoms with Crippen LogP contribution in [0.3, 0.4) is 0 Å². The number of aromatic nitrogens is 2. The maximum Gasteiger partial charge on any atom is 0.352 e. The smallest absolute Gasteiger partial charge is 0.352 e. The number of nitro groups is 1. The van der Waals surface area contributed by atoms with Gasteiger partial charge in [0.25, 0.3) is 5.69 Å². The molecule has 3 aromatic rings. The molecule has 9 heteroatoms. The van der Waals surface area contributed by atoms with Gasteiger partial charge in [-0.1, -0.05) is 24.3 Å². The molecule has 0 aliphatic carbocycles. The lowest BCUT2D eigenvalue weighted by atomic mass is 10.1. The van der Waals surface area contributed by atoms with Gasteiger partial charge in [-0.25, -0.2) is 14.8 Å². The van der Waals surface area contributed by atoms with Crippen molar-refractivity contribution < 1.29 is 14.8 Å². The fourth-order valence-corrected chi connectivity index (χ4v) is 2.31. The summed E-state index contributed by atoms with van der Waals surface area (Å²) in [5.41, 5.74) is 3.74. The molecule has 2 N–H and O–H groups in total. The molecule has 26 heavy (non-hydrogen) atoms. The summed E-state index contributed by atoms with van der Waals surface area (Å²) in [6, 6.07) is 12.9. The highest BCUT2D eigenvalue weighted by Crippen LogP contribution is 2.18. The van der Waals surface area contributed by atoms with Crippen LogP contribution in [0.4, 0.5) is 11.5 Å². The Morgan fingerprint density at radius 2 is 1.88 bits per heavy atom. The number of carboxylic acids is 1. The van der Waals surface area contributed by atoms with Crippen molar-refractivity contribution in [2.75, 3.05) is 5.43 Å². The van der Waals surface area contributed by atoms with E-state index in [0.717, 1.165) is 0 Å². The molecule has 0 unspecified atom stereocenters. The SMILES string of the molecule is O=C(O)C(Cc1ccc([N+](=O)[O-])cc1)=NNc1ncnc2ccccc12. The lowest BCUT2D eigenvalue weighted by molar-refractivity contribution is -0.384. The van der Waals surface area contributed by atoms with Gasteiger partial charge in [0.15, 0.2) is 5.82 Å². The van der Waals surface area contributed by atoms with Gasteiger partial charge in [-0.15, -0.1) is 0 Å². The number of hydrogen-bond donors (Lipinski definition) is 2. The topological polar surface area (TPSA) is 131 Å². The van der Waals surface area contributed by atoms with E-state index >= 15 is 0 Å². The third-order valence-electron chi connectivity index (χ3n) is 3.61. The van der Waals surface area contributed by atoms with Gasteiger partial charge >= 0.3 is 5.97 Å². The van der Waals surface area contributed by atoms with E-state index < -0.39 is 10.9 Å². The minimum atomic E-state index is -1.20. The van der Waals surface area contributed by atoms with Gasteiger partial charge < -0.3 is 5.11 Å². The zero-order valence-electron chi connectivity index (χ0n) is 13.4. The third-order valence-corrected chi connectivity index (χ3v) is 3.61. The molecule has 0 aliphatic heterocycles. The van der Waals surface area contributed by atoms with Crippen LogP contribution in [0.1, 0.15) is 5.56 Å². The first kappa shape index (κ1) is 17.0. The molecule has 9 nitrogen and oxygen atoms in total. The number of nitrogens with one attached hydrogen (secondary N) is 1. The van der Waals surface area contributed by atoms with Gasteiger partial charge in [-0.05, 0) is 17.7 Å². The lowest BCUT2D eigenvalue weighted by Gasteiger charge is -2.06.